The Balaban J connectivity index is 3.32. The van der Waals surface area contributed by atoms with Crippen LogP contribution in [0.1, 0.15) is 17.6 Å². The molecule has 0 aliphatic carbocycles. The molecule has 0 saturated heterocycles. The Hall–Kier alpha value is -0.620. The van der Waals surface area contributed by atoms with E-state index in [9.17, 15) is 13.2 Å². The van der Waals surface area contributed by atoms with Crippen molar-refractivity contribution in [2.24, 2.45) is 0 Å². The molecule has 0 saturated carbocycles. The van der Waals surface area contributed by atoms with Crippen molar-refractivity contribution >= 4 is 15.9 Å². The third kappa shape index (κ3) is 2.00. The van der Waals surface area contributed by atoms with E-state index in [1.807, 2.05) is 0 Å². The number of nitrogens with zero attached hydrogens (tertiary/aromatic N) is 1. The average Bonchev–Trinajstić information content (AvgIpc) is 2.08. The van der Waals surface area contributed by atoms with Crippen LogP contribution in [0.5, 0.6) is 0 Å². The minimum absolute atomic E-state index is 0.0803. The summed E-state index contributed by atoms with van der Waals surface area (Å²) in [5.74, 6) is -1.01. The van der Waals surface area contributed by atoms with Crippen molar-refractivity contribution in [3.8, 4) is 0 Å². The van der Waals surface area contributed by atoms with Gasteiger partial charge in [0.2, 0.25) is 5.95 Å². The number of pyridine rings is 1. The number of hydrogen-bond donors (Lipinski definition) is 1. The second kappa shape index (κ2) is 4.06. The molecule has 13 heavy (non-hydrogen) atoms. The van der Waals surface area contributed by atoms with E-state index in [1.54, 1.807) is 0 Å². The maximum absolute atomic E-state index is 12.7. The molecule has 0 aliphatic heterocycles. The molecule has 1 rings (SSSR count). The molecule has 1 heterocycles. The predicted octanol–water partition coefficient (Wildman–Crippen LogP) is 2.41. The number of halogens is 4. The van der Waals surface area contributed by atoms with Crippen molar-refractivity contribution in [1.82, 2.24) is 4.98 Å². The Morgan fingerprint density at radius 2 is 2.15 bits per heavy atom. The van der Waals surface area contributed by atoms with Gasteiger partial charge >= 0.3 is 0 Å². The van der Waals surface area contributed by atoms with Crippen molar-refractivity contribution in [3.63, 3.8) is 0 Å². The average molecular weight is 256 g/mol. The number of aromatic nitrogens is 1. The zero-order valence-corrected chi connectivity index (χ0v) is 7.85. The Labute approximate surface area is 80.5 Å². The van der Waals surface area contributed by atoms with Gasteiger partial charge in [0.05, 0.1) is 11.1 Å². The SMILES string of the molecule is OCc1cnc(F)c(Br)c1C(F)F. The number of rotatable bonds is 2. The van der Waals surface area contributed by atoms with Gasteiger partial charge in [-0.15, -0.1) is 0 Å². The molecule has 2 nitrogen and oxygen atoms in total. The standard InChI is InChI=1S/C7H5BrF3NO/c8-5-4(6(9)10)3(2-13)1-12-7(5)11/h1,6,13H,2H2. The summed E-state index contributed by atoms with van der Waals surface area (Å²) < 4.78 is 36.9. The molecule has 1 aromatic rings. The van der Waals surface area contributed by atoms with E-state index >= 15 is 0 Å². The summed E-state index contributed by atoms with van der Waals surface area (Å²) in [4.78, 5) is 3.19. The van der Waals surface area contributed by atoms with Crippen molar-refractivity contribution in [3.05, 3.63) is 27.7 Å². The zero-order valence-electron chi connectivity index (χ0n) is 6.27. The van der Waals surface area contributed by atoms with E-state index in [2.05, 4.69) is 20.9 Å². The van der Waals surface area contributed by atoms with Gasteiger partial charge < -0.3 is 5.11 Å². The molecule has 0 aromatic carbocycles. The first kappa shape index (κ1) is 10.5. The van der Waals surface area contributed by atoms with Crippen LogP contribution in [0, 0.1) is 5.95 Å². The number of hydrogen-bond acceptors (Lipinski definition) is 2. The molecule has 0 unspecified atom stereocenters. The Morgan fingerprint density at radius 3 is 2.62 bits per heavy atom. The predicted molar refractivity (Wildman–Crippen MR) is 42.8 cm³/mol. The summed E-state index contributed by atoms with van der Waals surface area (Å²) in [6, 6.07) is 0. The number of aliphatic hydroxyl groups is 1. The van der Waals surface area contributed by atoms with E-state index in [-0.39, 0.29) is 5.56 Å². The first-order valence-electron chi connectivity index (χ1n) is 3.29. The Bertz CT molecular complexity index is 319. The van der Waals surface area contributed by atoms with Gasteiger partial charge in [-0.25, -0.2) is 13.8 Å². The molecule has 0 aliphatic rings. The lowest BCUT2D eigenvalue weighted by molar-refractivity contribution is 0.145. The molecule has 0 amide bonds. The van der Waals surface area contributed by atoms with Crippen LogP contribution >= 0.6 is 15.9 Å². The molecule has 0 fully saturated rings. The van der Waals surface area contributed by atoms with Gasteiger partial charge in [-0.3, -0.25) is 0 Å². The van der Waals surface area contributed by atoms with Gasteiger partial charge in [0.25, 0.3) is 6.43 Å². The number of alkyl halides is 2. The molecule has 0 bridgehead atoms. The van der Waals surface area contributed by atoms with Crippen molar-refractivity contribution in [1.29, 1.82) is 0 Å². The molecule has 1 aromatic heterocycles. The monoisotopic (exact) mass is 255 g/mol. The summed E-state index contributed by atoms with van der Waals surface area (Å²) in [5, 5.41) is 8.67. The molecular weight excluding hydrogens is 251 g/mol. The second-order valence-corrected chi connectivity index (χ2v) is 3.05. The first-order chi connectivity index (χ1) is 6.07. The van der Waals surface area contributed by atoms with Crippen LogP contribution in [0.25, 0.3) is 0 Å². The van der Waals surface area contributed by atoms with Gasteiger partial charge in [-0.1, -0.05) is 0 Å². The summed E-state index contributed by atoms with van der Waals surface area (Å²) in [6.45, 7) is -0.592. The Morgan fingerprint density at radius 1 is 1.54 bits per heavy atom. The lowest BCUT2D eigenvalue weighted by atomic mass is 10.1. The second-order valence-electron chi connectivity index (χ2n) is 2.26. The third-order valence-corrected chi connectivity index (χ3v) is 2.24. The van der Waals surface area contributed by atoms with Crippen LogP contribution < -0.4 is 0 Å². The molecule has 0 radical (unpaired) electrons. The van der Waals surface area contributed by atoms with E-state index in [4.69, 9.17) is 5.11 Å². The van der Waals surface area contributed by atoms with Crippen LogP contribution in [0.4, 0.5) is 13.2 Å². The van der Waals surface area contributed by atoms with Gasteiger partial charge in [-0.2, -0.15) is 4.39 Å². The zero-order chi connectivity index (χ0) is 10.0. The van der Waals surface area contributed by atoms with Crippen molar-refractivity contribution in [2.75, 3.05) is 0 Å². The quantitative estimate of drug-likeness (QED) is 0.824. The number of aliphatic hydroxyl groups excluding tert-OH is 1. The highest BCUT2D eigenvalue weighted by molar-refractivity contribution is 9.10. The normalized spacial score (nSPS) is 10.9. The summed E-state index contributed by atoms with van der Waals surface area (Å²) in [5.41, 5.74) is -0.627. The maximum atomic E-state index is 12.7. The van der Waals surface area contributed by atoms with Crippen molar-refractivity contribution in [2.45, 2.75) is 13.0 Å². The Kier molecular flexibility index (Phi) is 3.27. The van der Waals surface area contributed by atoms with E-state index < -0.39 is 29.0 Å². The third-order valence-electron chi connectivity index (χ3n) is 1.49. The van der Waals surface area contributed by atoms with Crippen LogP contribution in [0.15, 0.2) is 10.7 Å². The largest absolute Gasteiger partial charge is 0.392 e. The highest BCUT2D eigenvalue weighted by Gasteiger charge is 2.19. The van der Waals surface area contributed by atoms with Crippen LogP contribution in [-0.2, 0) is 6.61 Å². The summed E-state index contributed by atoms with van der Waals surface area (Å²) >= 11 is 2.64. The van der Waals surface area contributed by atoms with E-state index in [0.29, 0.717) is 0 Å². The van der Waals surface area contributed by atoms with Gasteiger partial charge in [-0.05, 0) is 15.9 Å². The van der Waals surface area contributed by atoms with E-state index in [1.165, 1.54) is 0 Å². The van der Waals surface area contributed by atoms with Gasteiger partial charge in [0.15, 0.2) is 0 Å². The van der Waals surface area contributed by atoms with Gasteiger partial charge in [0, 0.05) is 17.3 Å². The highest BCUT2D eigenvalue weighted by Crippen LogP contribution is 2.31. The summed E-state index contributed by atoms with van der Waals surface area (Å²) in [7, 11) is 0. The summed E-state index contributed by atoms with van der Waals surface area (Å²) in [6.07, 6.45) is -1.95. The lowest BCUT2D eigenvalue weighted by Crippen LogP contribution is -2.00. The fourth-order valence-electron chi connectivity index (χ4n) is 0.875. The maximum Gasteiger partial charge on any atom is 0.265 e. The lowest BCUT2D eigenvalue weighted by Gasteiger charge is -2.08. The minimum Gasteiger partial charge on any atom is -0.392 e. The van der Waals surface area contributed by atoms with Crippen LogP contribution in [0.3, 0.4) is 0 Å². The van der Waals surface area contributed by atoms with E-state index in [0.717, 1.165) is 6.20 Å². The molecular formula is C7H5BrF3NO. The highest BCUT2D eigenvalue weighted by atomic mass is 79.9. The molecule has 0 spiro atoms. The molecule has 1 N–H and O–H groups in total. The van der Waals surface area contributed by atoms with Crippen molar-refractivity contribution < 1.29 is 18.3 Å². The van der Waals surface area contributed by atoms with Gasteiger partial charge in [0.1, 0.15) is 0 Å². The van der Waals surface area contributed by atoms with Crippen LogP contribution in [0.2, 0.25) is 0 Å². The topological polar surface area (TPSA) is 33.1 Å². The molecule has 72 valence electrons. The smallest absolute Gasteiger partial charge is 0.265 e. The fraction of sp³-hybridized carbons (Fsp3) is 0.286. The first-order valence-corrected chi connectivity index (χ1v) is 4.09. The van der Waals surface area contributed by atoms with Crippen LogP contribution in [-0.4, -0.2) is 10.1 Å². The minimum atomic E-state index is -2.84. The molecule has 6 heteroatoms. The fourth-order valence-corrected chi connectivity index (χ4v) is 1.40. The molecule has 0 atom stereocenters.